The number of aromatic nitrogens is 2. The van der Waals surface area contributed by atoms with Crippen LogP contribution >= 0.6 is 11.6 Å². The maximum absolute atomic E-state index is 13.0. The summed E-state index contributed by atoms with van der Waals surface area (Å²) in [7, 11) is 1.49. The normalized spacial score (nSPS) is 11.0. The zero-order chi connectivity index (χ0) is 26.5. The molecule has 0 aliphatic rings. The van der Waals surface area contributed by atoms with Gasteiger partial charge in [-0.05, 0) is 41.1 Å². The number of benzene rings is 4. The van der Waals surface area contributed by atoms with Gasteiger partial charge in [0, 0.05) is 5.56 Å². The van der Waals surface area contributed by atoms with Crippen LogP contribution in [-0.2, 0) is 0 Å². The molecule has 0 spiro atoms. The summed E-state index contributed by atoms with van der Waals surface area (Å²) in [5, 5.41) is 10.1. The third-order valence-corrected chi connectivity index (χ3v) is 6.12. The summed E-state index contributed by atoms with van der Waals surface area (Å²) in [4.78, 5) is 25.8. The molecule has 0 radical (unpaired) electrons. The van der Waals surface area contributed by atoms with Gasteiger partial charge in [-0.2, -0.15) is 14.9 Å². The maximum Gasteiger partial charge on any atom is 0.347 e. The highest BCUT2D eigenvalue weighted by Crippen LogP contribution is 2.29. The van der Waals surface area contributed by atoms with Crippen LogP contribution in [0.2, 0.25) is 5.02 Å². The van der Waals surface area contributed by atoms with Gasteiger partial charge >= 0.3 is 5.97 Å². The SMILES string of the molecule is COc1ccccc1C(=O)Oc1ccc2ccccc2c1/C=N/Nc1cnn(-c2ccccc2)c(=O)c1Cl. The van der Waals surface area contributed by atoms with Crippen molar-refractivity contribution >= 4 is 40.2 Å². The van der Waals surface area contributed by atoms with Gasteiger partial charge in [-0.3, -0.25) is 10.2 Å². The van der Waals surface area contributed by atoms with Gasteiger partial charge in [0.1, 0.15) is 27.8 Å². The first kappa shape index (κ1) is 24.7. The van der Waals surface area contributed by atoms with E-state index in [9.17, 15) is 9.59 Å². The predicted molar refractivity (Wildman–Crippen MR) is 148 cm³/mol. The van der Waals surface area contributed by atoms with Gasteiger partial charge < -0.3 is 9.47 Å². The van der Waals surface area contributed by atoms with Crippen LogP contribution in [0.3, 0.4) is 0 Å². The van der Waals surface area contributed by atoms with Crippen molar-refractivity contribution in [2.75, 3.05) is 12.5 Å². The number of para-hydroxylation sites is 2. The topological polar surface area (TPSA) is 94.8 Å². The third-order valence-electron chi connectivity index (χ3n) is 5.76. The maximum atomic E-state index is 13.0. The van der Waals surface area contributed by atoms with E-state index in [1.54, 1.807) is 54.6 Å². The van der Waals surface area contributed by atoms with Crippen molar-refractivity contribution in [2.24, 2.45) is 5.10 Å². The number of rotatable bonds is 7. The second kappa shape index (κ2) is 11.0. The largest absolute Gasteiger partial charge is 0.496 e. The van der Waals surface area contributed by atoms with Gasteiger partial charge in [0.2, 0.25) is 0 Å². The lowest BCUT2D eigenvalue weighted by Gasteiger charge is -2.12. The summed E-state index contributed by atoms with van der Waals surface area (Å²) in [6.45, 7) is 0. The lowest BCUT2D eigenvalue weighted by molar-refractivity contribution is 0.0731. The first-order chi connectivity index (χ1) is 18.6. The van der Waals surface area contributed by atoms with Crippen molar-refractivity contribution in [1.82, 2.24) is 9.78 Å². The summed E-state index contributed by atoms with van der Waals surface area (Å²) in [6.07, 6.45) is 2.92. The summed E-state index contributed by atoms with van der Waals surface area (Å²) in [6, 6.07) is 27.0. The zero-order valence-corrected chi connectivity index (χ0v) is 20.9. The molecule has 8 nitrogen and oxygen atoms in total. The van der Waals surface area contributed by atoms with Gasteiger partial charge in [-0.1, -0.05) is 72.3 Å². The van der Waals surface area contributed by atoms with Gasteiger partial charge in [-0.15, -0.1) is 0 Å². The Hall–Kier alpha value is -4.95. The van der Waals surface area contributed by atoms with Gasteiger partial charge in [-0.25, -0.2) is 4.79 Å². The smallest absolute Gasteiger partial charge is 0.347 e. The van der Waals surface area contributed by atoms with Crippen LogP contribution in [0.1, 0.15) is 15.9 Å². The van der Waals surface area contributed by atoms with Gasteiger partial charge in [0.05, 0.1) is 25.2 Å². The minimum Gasteiger partial charge on any atom is -0.496 e. The van der Waals surface area contributed by atoms with Gasteiger partial charge in [0.15, 0.2) is 0 Å². The molecule has 0 aliphatic carbocycles. The van der Waals surface area contributed by atoms with Crippen LogP contribution in [0.25, 0.3) is 16.5 Å². The molecule has 4 aromatic carbocycles. The van der Waals surface area contributed by atoms with E-state index in [1.807, 2.05) is 36.4 Å². The van der Waals surface area contributed by atoms with E-state index in [-0.39, 0.29) is 10.7 Å². The van der Waals surface area contributed by atoms with Crippen LogP contribution in [0.15, 0.2) is 107 Å². The van der Waals surface area contributed by atoms with Crippen molar-refractivity contribution in [3.05, 3.63) is 124 Å². The summed E-state index contributed by atoms with van der Waals surface area (Å²) in [5.74, 6) is 0.133. The molecule has 0 unspecified atom stereocenters. The van der Waals surface area contributed by atoms with E-state index >= 15 is 0 Å². The molecule has 38 heavy (non-hydrogen) atoms. The number of fused-ring (bicyclic) bond motifs is 1. The van der Waals surface area contributed by atoms with E-state index in [1.165, 1.54) is 24.2 Å². The Morgan fingerprint density at radius 2 is 1.68 bits per heavy atom. The minimum atomic E-state index is -0.572. The van der Waals surface area contributed by atoms with Crippen molar-refractivity contribution in [3.63, 3.8) is 0 Å². The summed E-state index contributed by atoms with van der Waals surface area (Å²) < 4.78 is 12.3. The van der Waals surface area contributed by atoms with Crippen molar-refractivity contribution in [3.8, 4) is 17.2 Å². The highest BCUT2D eigenvalue weighted by atomic mass is 35.5. The Morgan fingerprint density at radius 1 is 0.947 bits per heavy atom. The van der Waals surface area contributed by atoms with Crippen LogP contribution in [0.4, 0.5) is 5.69 Å². The monoisotopic (exact) mass is 524 g/mol. The lowest BCUT2D eigenvalue weighted by atomic mass is 10.0. The van der Waals surface area contributed by atoms with E-state index in [0.717, 1.165) is 10.8 Å². The predicted octanol–water partition coefficient (Wildman–Crippen LogP) is 5.71. The van der Waals surface area contributed by atoms with Crippen LogP contribution in [-0.4, -0.2) is 29.1 Å². The minimum absolute atomic E-state index is 0.0678. The van der Waals surface area contributed by atoms with Crippen LogP contribution in [0.5, 0.6) is 11.5 Å². The third kappa shape index (κ3) is 4.98. The Morgan fingerprint density at radius 3 is 2.50 bits per heavy atom. The molecule has 0 saturated carbocycles. The number of nitrogens with zero attached hydrogens (tertiary/aromatic N) is 3. The number of halogens is 1. The average molecular weight is 525 g/mol. The lowest BCUT2D eigenvalue weighted by Crippen LogP contribution is -2.22. The molecule has 0 saturated heterocycles. The number of hydrogen-bond donors (Lipinski definition) is 1. The second-order valence-corrected chi connectivity index (χ2v) is 8.46. The average Bonchev–Trinajstić information content (AvgIpc) is 2.96. The number of hydrazone groups is 1. The number of methoxy groups -OCH3 is 1. The molecule has 0 bridgehead atoms. The highest BCUT2D eigenvalue weighted by Gasteiger charge is 2.17. The van der Waals surface area contributed by atoms with E-state index in [2.05, 4.69) is 15.6 Å². The van der Waals surface area contributed by atoms with E-state index in [0.29, 0.717) is 28.3 Å². The summed E-state index contributed by atoms with van der Waals surface area (Å²) >= 11 is 6.33. The fraction of sp³-hybridized carbons (Fsp3) is 0.0345. The summed E-state index contributed by atoms with van der Waals surface area (Å²) in [5.41, 5.74) is 3.95. The van der Waals surface area contributed by atoms with Crippen molar-refractivity contribution < 1.29 is 14.3 Å². The number of carbonyl (C=O) groups excluding carboxylic acids is 1. The molecular formula is C29H21ClN4O4. The molecule has 9 heteroatoms. The fourth-order valence-corrected chi connectivity index (χ4v) is 4.07. The molecule has 0 fully saturated rings. The number of carbonyl (C=O) groups is 1. The van der Waals surface area contributed by atoms with E-state index < -0.39 is 11.5 Å². The molecule has 1 heterocycles. The first-order valence-electron chi connectivity index (χ1n) is 11.6. The van der Waals surface area contributed by atoms with Crippen molar-refractivity contribution in [2.45, 2.75) is 0 Å². The molecule has 0 atom stereocenters. The number of esters is 1. The molecular weight excluding hydrogens is 504 g/mol. The molecule has 1 aromatic heterocycles. The molecule has 0 amide bonds. The Bertz CT molecular complexity index is 1720. The van der Waals surface area contributed by atoms with Crippen molar-refractivity contribution in [1.29, 1.82) is 0 Å². The van der Waals surface area contributed by atoms with Crippen LogP contribution < -0.4 is 20.5 Å². The Balaban J connectivity index is 1.46. The fourth-order valence-electron chi connectivity index (χ4n) is 3.90. The van der Waals surface area contributed by atoms with Crippen LogP contribution in [0, 0.1) is 0 Å². The molecule has 0 aliphatic heterocycles. The van der Waals surface area contributed by atoms with E-state index in [4.69, 9.17) is 21.1 Å². The second-order valence-electron chi connectivity index (χ2n) is 8.08. The molecule has 5 aromatic rings. The van der Waals surface area contributed by atoms with Gasteiger partial charge in [0.25, 0.3) is 5.56 Å². The number of anilines is 1. The molecule has 188 valence electrons. The molecule has 5 rings (SSSR count). The molecule has 1 N–H and O–H groups in total. The Labute approximate surface area is 222 Å². The number of hydrogen-bond acceptors (Lipinski definition) is 7. The number of nitrogens with one attached hydrogen (secondary N) is 1. The first-order valence-corrected chi connectivity index (χ1v) is 11.9. The Kier molecular flexibility index (Phi) is 7.15. The highest BCUT2D eigenvalue weighted by molar-refractivity contribution is 6.33. The standard InChI is InChI=1S/C29H21ClN4O4/c1-37-25-14-8-7-13-22(25)29(36)38-26-16-15-19-9-5-6-12-21(19)23(26)17-31-33-24-18-32-34(28(35)27(24)30)20-10-3-2-4-11-20/h2-18,33H,1H3/b31-17+. The zero-order valence-electron chi connectivity index (χ0n) is 20.2. The number of ether oxygens (including phenoxy) is 2. The quantitative estimate of drug-likeness (QED) is 0.127.